The Labute approximate surface area is 154 Å². The molecule has 1 amide bonds. The van der Waals surface area contributed by atoms with Gasteiger partial charge in [-0.25, -0.2) is 8.42 Å². The van der Waals surface area contributed by atoms with E-state index in [1.165, 1.54) is 19.2 Å². The molecule has 1 aromatic carbocycles. The van der Waals surface area contributed by atoms with Crippen LogP contribution in [0.3, 0.4) is 0 Å². The van der Waals surface area contributed by atoms with Gasteiger partial charge in [0.15, 0.2) is 0 Å². The standard InChI is InChI=1S/C15H15ClN2O5S2/c1-23-14(20)9-17-13(19)8-10-2-4-11(5-3-10)18-25(21,22)15-7-6-12(16)24-15/h2-7,18H,8-9H2,1H3,(H,17,19). The quantitative estimate of drug-likeness (QED) is 0.690. The van der Waals surface area contributed by atoms with Gasteiger partial charge in [0.25, 0.3) is 10.0 Å². The molecule has 0 atom stereocenters. The van der Waals surface area contributed by atoms with Gasteiger partial charge in [-0.3, -0.25) is 14.3 Å². The number of halogens is 1. The Kier molecular flexibility index (Phi) is 6.40. The fourth-order valence-corrected chi connectivity index (χ4v) is 4.37. The second-order valence-electron chi connectivity index (χ2n) is 4.89. The number of hydrogen-bond donors (Lipinski definition) is 2. The number of hydrogen-bond acceptors (Lipinski definition) is 6. The van der Waals surface area contributed by atoms with E-state index in [-0.39, 0.29) is 23.1 Å². The van der Waals surface area contributed by atoms with E-state index in [0.29, 0.717) is 15.6 Å². The van der Waals surface area contributed by atoms with E-state index in [2.05, 4.69) is 14.8 Å². The molecule has 0 spiro atoms. The number of sulfonamides is 1. The van der Waals surface area contributed by atoms with Gasteiger partial charge in [0, 0.05) is 5.69 Å². The molecule has 0 bridgehead atoms. The van der Waals surface area contributed by atoms with Crippen LogP contribution in [0.4, 0.5) is 5.69 Å². The monoisotopic (exact) mass is 402 g/mol. The molecule has 1 aromatic heterocycles. The fourth-order valence-electron chi connectivity index (χ4n) is 1.83. The van der Waals surface area contributed by atoms with Crippen molar-refractivity contribution in [3.05, 3.63) is 46.3 Å². The van der Waals surface area contributed by atoms with Crippen LogP contribution in [-0.2, 0) is 30.8 Å². The minimum atomic E-state index is -3.70. The van der Waals surface area contributed by atoms with Gasteiger partial charge in [0.2, 0.25) is 5.91 Å². The topological polar surface area (TPSA) is 102 Å². The number of nitrogens with one attached hydrogen (secondary N) is 2. The number of carbonyl (C=O) groups excluding carboxylic acids is 2. The molecule has 0 saturated heterocycles. The third-order valence-corrected chi connectivity index (χ3v) is 6.15. The maximum Gasteiger partial charge on any atom is 0.325 e. The summed E-state index contributed by atoms with van der Waals surface area (Å²) in [5.74, 6) is -0.876. The van der Waals surface area contributed by atoms with E-state index in [4.69, 9.17) is 11.6 Å². The third kappa shape index (κ3) is 5.73. The normalized spacial score (nSPS) is 11.0. The van der Waals surface area contributed by atoms with Crippen LogP contribution in [-0.4, -0.2) is 33.9 Å². The molecular weight excluding hydrogens is 388 g/mol. The molecule has 2 rings (SSSR count). The van der Waals surface area contributed by atoms with Gasteiger partial charge in [0.05, 0.1) is 17.9 Å². The van der Waals surface area contributed by atoms with Gasteiger partial charge >= 0.3 is 5.97 Å². The molecule has 25 heavy (non-hydrogen) atoms. The zero-order valence-corrected chi connectivity index (χ0v) is 15.5. The summed E-state index contributed by atoms with van der Waals surface area (Å²) in [6.07, 6.45) is 0.0601. The lowest BCUT2D eigenvalue weighted by Gasteiger charge is -2.08. The first kappa shape index (κ1) is 19.2. The molecule has 0 aliphatic carbocycles. The summed E-state index contributed by atoms with van der Waals surface area (Å²) in [4.78, 5) is 22.6. The molecule has 10 heteroatoms. The van der Waals surface area contributed by atoms with Crippen molar-refractivity contribution in [2.24, 2.45) is 0 Å². The number of esters is 1. The number of benzene rings is 1. The molecule has 1 heterocycles. The highest BCUT2D eigenvalue weighted by Gasteiger charge is 2.16. The molecule has 134 valence electrons. The lowest BCUT2D eigenvalue weighted by Crippen LogP contribution is -2.31. The van der Waals surface area contributed by atoms with Gasteiger partial charge in [-0.15, -0.1) is 11.3 Å². The highest BCUT2D eigenvalue weighted by Crippen LogP contribution is 2.27. The van der Waals surface area contributed by atoms with E-state index in [1.54, 1.807) is 24.3 Å². The van der Waals surface area contributed by atoms with E-state index in [1.807, 2.05) is 0 Å². The summed E-state index contributed by atoms with van der Waals surface area (Å²) in [6, 6.07) is 9.28. The first-order valence-electron chi connectivity index (χ1n) is 7.01. The fraction of sp³-hybridized carbons (Fsp3) is 0.200. The molecule has 0 radical (unpaired) electrons. The maximum absolute atomic E-state index is 12.2. The predicted molar refractivity (Wildman–Crippen MR) is 95.3 cm³/mol. The summed E-state index contributed by atoms with van der Waals surface area (Å²) in [5.41, 5.74) is 1.03. The number of ether oxygens (including phenoxy) is 1. The average molecular weight is 403 g/mol. The highest BCUT2D eigenvalue weighted by molar-refractivity contribution is 7.94. The molecule has 7 nitrogen and oxygen atoms in total. The summed E-state index contributed by atoms with van der Waals surface area (Å²) in [7, 11) is -2.46. The van der Waals surface area contributed by atoms with Gasteiger partial charge < -0.3 is 10.1 Å². The van der Waals surface area contributed by atoms with Crippen LogP contribution in [0.25, 0.3) is 0 Å². The van der Waals surface area contributed by atoms with Crippen molar-refractivity contribution in [3.63, 3.8) is 0 Å². The van der Waals surface area contributed by atoms with E-state index < -0.39 is 16.0 Å². The second kappa shape index (κ2) is 8.32. The zero-order valence-electron chi connectivity index (χ0n) is 13.1. The number of thiophene rings is 1. The van der Waals surface area contributed by atoms with Crippen LogP contribution in [0.5, 0.6) is 0 Å². The van der Waals surface area contributed by atoms with Crippen molar-refractivity contribution >= 4 is 50.5 Å². The highest BCUT2D eigenvalue weighted by atomic mass is 35.5. The molecule has 0 aliphatic heterocycles. The third-order valence-electron chi connectivity index (χ3n) is 3.04. The van der Waals surface area contributed by atoms with Crippen LogP contribution in [0.2, 0.25) is 4.34 Å². The van der Waals surface area contributed by atoms with Gasteiger partial charge in [0.1, 0.15) is 10.8 Å². The van der Waals surface area contributed by atoms with Crippen LogP contribution in [0.15, 0.2) is 40.6 Å². The van der Waals surface area contributed by atoms with Crippen molar-refractivity contribution in [1.82, 2.24) is 5.32 Å². The van der Waals surface area contributed by atoms with E-state index in [0.717, 1.165) is 11.3 Å². The van der Waals surface area contributed by atoms with Crippen LogP contribution >= 0.6 is 22.9 Å². The van der Waals surface area contributed by atoms with Crippen molar-refractivity contribution < 1.29 is 22.7 Å². The Morgan fingerprint density at radius 3 is 2.40 bits per heavy atom. The smallest absolute Gasteiger partial charge is 0.325 e. The number of anilines is 1. The van der Waals surface area contributed by atoms with Gasteiger partial charge in [-0.05, 0) is 29.8 Å². The number of rotatable bonds is 7. The number of carbonyl (C=O) groups is 2. The lowest BCUT2D eigenvalue weighted by atomic mass is 10.1. The molecule has 2 N–H and O–H groups in total. The minimum Gasteiger partial charge on any atom is -0.468 e. The van der Waals surface area contributed by atoms with Crippen LogP contribution in [0.1, 0.15) is 5.56 Å². The lowest BCUT2D eigenvalue weighted by molar-refractivity contribution is -0.141. The van der Waals surface area contributed by atoms with E-state index in [9.17, 15) is 18.0 Å². The van der Waals surface area contributed by atoms with Crippen molar-refractivity contribution in [2.75, 3.05) is 18.4 Å². The van der Waals surface area contributed by atoms with Gasteiger partial charge in [-0.2, -0.15) is 0 Å². The average Bonchev–Trinajstić information content (AvgIpc) is 3.01. The first-order valence-corrected chi connectivity index (χ1v) is 9.68. The molecule has 0 fully saturated rings. The van der Waals surface area contributed by atoms with Gasteiger partial charge in [-0.1, -0.05) is 23.7 Å². The molecule has 0 unspecified atom stereocenters. The first-order chi connectivity index (χ1) is 11.8. The second-order valence-corrected chi connectivity index (χ2v) is 8.51. The molecule has 2 aromatic rings. The van der Waals surface area contributed by atoms with Crippen molar-refractivity contribution in [1.29, 1.82) is 0 Å². The Morgan fingerprint density at radius 2 is 1.84 bits per heavy atom. The Bertz CT molecular complexity index is 862. The molecule has 0 aliphatic rings. The summed E-state index contributed by atoms with van der Waals surface area (Å²) < 4.78 is 31.7. The number of methoxy groups -OCH3 is 1. The summed E-state index contributed by atoms with van der Waals surface area (Å²) in [6.45, 7) is -0.198. The Morgan fingerprint density at radius 1 is 1.16 bits per heavy atom. The zero-order chi connectivity index (χ0) is 18.4. The SMILES string of the molecule is COC(=O)CNC(=O)Cc1ccc(NS(=O)(=O)c2ccc(Cl)s2)cc1. The molecular formula is C15H15ClN2O5S2. The minimum absolute atomic E-state index is 0.0601. The van der Waals surface area contributed by atoms with E-state index >= 15 is 0 Å². The Balaban J connectivity index is 1.95. The molecule has 0 saturated carbocycles. The summed E-state index contributed by atoms with van der Waals surface area (Å²) >= 11 is 6.71. The predicted octanol–water partition coefficient (Wildman–Crippen LogP) is 2.03. The Hall–Kier alpha value is -2.10. The largest absolute Gasteiger partial charge is 0.468 e. The summed E-state index contributed by atoms with van der Waals surface area (Å²) in [5, 5.41) is 2.42. The van der Waals surface area contributed by atoms with Crippen molar-refractivity contribution in [3.8, 4) is 0 Å². The van der Waals surface area contributed by atoms with Crippen molar-refractivity contribution in [2.45, 2.75) is 10.6 Å². The van der Waals surface area contributed by atoms with Crippen LogP contribution in [0, 0.1) is 0 Å². The van der Waals surface area contributed by atoms with Crippen LogP contribution < -0.4 is 10.0 Å². The number of amides is 1. The maximum atomic E-state index is 12.2.